The first-order valence-electron chi connectivity index (χ1n) is 21.4. The molecule has 328 valence electrons. The zero-order chi connectivity index (χ0) is 44.0. The van der Waals surface area contributed by atoms with E-state index in [1.54, 1.807) is 0 Å². The topological polar surface area (TPSA) is 52.6 Å². The van der Waals surface area contributed by atoms with Crippen molar-refractivity contribution in [2.45, 2.75) is 67.2 Å². The highest BCUT2D eigenvalue weighted by Gasteiger charge is 2.45. The molecule has 0 aliphatic heterocycles. The fourth-order valence-corrected chi connectivity index (χ4v) is 14.1. The van der Waals surface area contributed by atoms with Crippen LogP contribution in [0, 0.1) is 10.8 Å². The lowest BCUT2D eigenvalue weighted by atomic mass is 9.88. The zero-order valence-electron chi connectivity index (χ0n) is 37.3. The second kappa shape index (κ2) is 27.3. The van der Waals surface area contributed by atoms with E-state index in [1.807, 2.05) is 41.5 Å². The molecule has 0 atom stereocenters. The number of rotatable bonds is 17. The van der Waals surface area contributed by atoms with Crippen molar-refractivity contribution in [3.05, 3.63) is 182 Å². The molecule has 6 aromatic rings. The summed E-state index contributed by atoms with van der Waals surface area (Å²) in [6, 6.07) is 65.0. The van der Waals surface area contributed by atoms with Crippen LogP contribution in [0.1, 0.15) is 67.2 Å². The maximum absolute atomic E-state index is 12.4. The monoisotopic (exact) mass is 996 g/mol. The molecule has 0 saturated carbocycles. The third kappa shape index (κ3) is 15.4. The second-order valence-electron chi connectivity index (χ2n) is 16.0. The molecule has 0 fully saturated rings. The van der Waals surface area contributed by atoms with E-state index in [4.69, 9.17) is 9.47 Å². The normalized spacial score (nSPS) is 11.2. The molecule has 0 radical (unpaired) electrons. The molecule has 0 amide bonds. The van der Waals surface area contributed by atoms with Gasteiger partial charge in [-0.25, -0.2) is 0 Å². The number of hydrogen-bond donors (Lipinski definition) is 0. The van der Waals surface area contributed by atoms with Gasteiger partial charge in [0.25, 0.3) is 0 Å². The van der Waals surface area contributed by atoms with Gasteiger partial charge in [0.15, 0.2) is 0 Å². The van der Waals surface area contributed by atoms with Crippen LogP contribution in [0.4, 0.5) is 0 Å². The van der Waals surface area contributed by atoms with Gasteiger partial charge in [0.05, 0.1) is 30.2 Å². The first kappa shape index (κ1) is 52.4. The molecule has 8 heteroatoms. The van der Waals surface area contributed by atoms with E-state index in [1.165, 1.54) is 31.8 Å². The summed E-state index contributed by atoms with van der Waals surface area (Å²) in [4.78, 5) is 23.8. The standard InChI is InChI=1S/C27H32O2P.C18H15P.C9H17BrO2.BrH/c1-4-29-26(28)27(2,3)21-14-22-30(23-15-8-5-9-16-23,24-17-10-6-11-18-24)25-19-12-7-13-20-25;1-4-10-16(11-5-1)19(17-12-6-2-7-13-17)18-14-8-3-9-15-18;1-4-12-8(11)9(2,3)6-5-7-10;/h5-13,15-20H,4,14,21-22H2,1-3H3;1-15H;4-7H2,1-3H3;1H/q+1;;;/p-1. The van der Waals surface area contributed by atoms with Gasteiger partial charge in [-0.1, -0.05) is 162 Å². The summed E-state index contributed by atoms with van der Waals surface area (Å²) in [6.45, 7) is 12.4. The van der Waals surface area contributed by atoms with Crippen LogP contribution in [0.5, 0.6) is 0 Å². The number of ether oxygens (including phenoxy) is 2. The van der Waals surface area contributed by atoms with E-state index in [0.29, 0.717) is 13.2 Å². The number of carbonyl (C=O) groups excluding carboxylic acids is 2. The van der Waals surface area contributed by atoms with E-state index in [2.05, 4.69) is 198 Å². The summed E-state index contributed by atoms with van der Waals surface area (Å²) in [7, 11) is -2.28. The SMILES string of the molecule is CCOC(=O)C(C)(C)CCCBr.CCOC(=O)C(C)(C)CCC[P+](c1ccccc1)(c1ccccc1)c1ccccc1.[Br-].c1ccc(P(c2ccccc2)c2ccccc2)cc1. The number of alkyl halides is 1. The van der Waals surface area contributed by atoms with E-state index < -0.39 is 20.6 Å². The Bertz CT molecular complexity index is 1930. The van der Waals surface area contributed by atoms with Gasteiger partial charge >= 0.3 is 11.9 Å². The molecular formula is C54H64Br2O4P2. The predicted molar refractivity (Wildman–Crippen MR) is 268 cm³/mol. The average Bonchev–Trinajstić information content (AvgIpc) is 3.30. The second-order valence-corrected chi connectivity index (χ2v) is 22.6. The highest BCUT2D eigenvalue weighted by molar-refractivity contribution is 9.09. The molecular weight excluding hydrogens is 934 g/mol. The number of halogens is 2. The van der Waals surface area contributed by atoms with E-state index in [-0.39, 0.29) is 34.3 Å². The van der Waals surface area contributed by atoms with Crippen LogP contribution in [-0.4, -0.2) is 36.6 Å². The Labute approximate surface area is 393 Å². The van der Waals surface area contributed by atoms with Crippen molar-refractivity contribution in [3.63, 3.8) is 0 Å². The Kier molecular flexibility index (Phi) is 23.1. The summed E-state index contributed by atoms with van der Waals surface area (Å²) in [6.07, 6.45) is 4.66. The Balaban J connectivity index is 0.000000273. The molecule has 6 rings (SSSR count). The van der Waals surface area contributed by atoms with Gasteiger partial charge in [-0.05, 0) is 127 Å². The van der Waals surface area contributed by atoms with Gasteiger partial charge in [0.2, 0.25) is 0 Å². The van der Waals surface area contributed by atoms with Crippen LogP contribution < -0.4 is 48.8 Å². The summed E-state index contributed by atoms with van der Waals surface area (Å²) in [5.41, 5.74) is -0.806. The quantitative estimate of drug-likeness (QED) is 0.0523. The minimum Gasteiger partial charge on any atom is -1.00 e. The average molecular weight is 999 g/mol. The van der Waals surface area contributed by atoms with Gasteiger partial charge in [-0.15, -0.1) is 0 Å². The summed E-state index contributed by atoms with van der Waals surface area (Å²) in [5.74, 6) is -0.195. The maximum atomic E-state index is 12.4. The first-order chi connectivity index (χ1) is 29.5. The van der Waals surface area contributed by atoms with Crippen molar-refractivity contribution in [2.24, 2.45) is 10.8 Å². The van der Waals surface area contributed by atoms with Crippen molar-refractivity contribution in [1.82, 2.24) is 0 Å². The Morgan fingerprint density at radius 2 is 0.758 bits per heavy atom. The zero-order valence-corrected chi connectivity index (χ0v) is 42.2. The number of hydrogen-bond acceptors (Lipinski definition) is 4. The van der Waals surface area contributed by atoms with Crippen LogP contribution in [0.15, 0.2) is 182 Å². The molecule has 4 nitrogen and oxygen atoms in total. The molecule has 0 unspecified atom stereocenters. The molecule has 6 aromatic carbocycles. The fraction of sp³-hybridized carbons (Fsp3) is 0.296. The summed E-state index contributed by atoms with van der Waals surface area (Å²) >= 11 is 3.34. The van der Waals surface area contributed by atoms with Crippen molar-refractivity contribution in [1.29, 1.82) is 0 Å². The van der Waals surface area contributed by atoms with Crippen molar-refractivity contribution < 1.29 is 36.0 Å². The smallest absolute Gasteiger partial charge is 0.311 e. The van der Waals surface area contributed by atoms with Crippen LogP contribution >= 0.6 is 31.1 Å². The molecule has 0 bridgehead atoms. The Hall–Kier alpha value is -3.92. The molecule has 0 aromatic heterocycles. The van der Waals surface area contributed by atoms with Crippen LogP contribution in [0.2, 0.25) is 0 Å². The van der Waals surface area contributed by atoms with Gasteiger partial charge in [0.1, 0.15) is 23.2 Å². The molecule has 0 spiro atoms. The third-order valence-corrected chi connectivity index (χ3v) is 18.1. The van der Waals surface area contributed by atoms with Crippen molar-refractivity contribution >= 4 is 74.9 Å². The minimum atomic E-state index is -1.84. The van der Waals surface area contributed by atoms with Gasteiger partial charge < -0.3 is 26.5 Å². The first-order valence-corrected chi connectivity index (χ1v) is 25.8. The van der Waals surface area contributed by atoms with Crippen LogP contribution in [0.3, 0.4) is 0 Å². The third-order valence-electron chi connectivity index (χ3n) is 10.5. The maximum Gasteiger partial charge on any atom is 0.311 e. The van der Waals surface area contributed by atoms with Crippen molar-refractivity contribution in [3.8, 4) is 0 Å². The highest BCUT2D eigenvalue weighted by atomic mass is 79.9. The predicted octanol–water partition coefficient (Wildman–Crippen LogP) is 8.55. The number of esters is 2. The fourth-order valence-electron chi connectivity index (χ4n) is 7.18. The lowest BCUT2D eigenvalue weighted by Gasteiger charge is -2.29. The summed E-state index contributed by atoms with van der Waals surface area (Å²) in [5, 5.41) is 9.29. The Morgan fingerprint density at radius 1 is 0.484 bits per heavy atom. The summed E-state index contributed by atoms with van der Waals surface area (Å²) < 4.78 is 10.3. The minimum absolute atomic E-state index is 0. The molecule has 0 aliphatic carbocycles. The number of carbonyl (C=O) groups is 2. The van der Waals surface area contributed by atoms with E-state index >= 15 is 0 Å². The molecule has 0 aliphatic rings. The Morgan fingerprint density at radius 3 is 1.03 bits per heavy atom. The van der Waals surface area contributed by atoms with E-state index in [9.17, 15) is 9.59 Å². The molecule has 0 saturated heterocycles. The van der Waals surface area contributed by atoms with E-state index in [0.717, 1.165) is 37.2 Å². The largest absolute Gasteiger partial charge is 1.00 e. The molecule has 0 heterocycles. The van der Waals surface area contributed by atoms with Crippen molar-refractivity contribution in [2.75, 3.05) is 24.7 Å². The van der Waals surface area contributed by atoms with Gasteiger partial charge in [-0.2, -0.15) is 0 Å². The van der Waals surface area contributed by atoms with Crippen LogP contribution in [-0.2, 0) is 19.1 Å². The number of benzene rings is 6. The lowest BCUT2D eigenvalue weighted by molar-refractivity contribution is -0.154. The van der Waals surface area contributed by atoms with Crippen LogP contribution in [0.25, 0.3) is 0 Å². The van der Waals surface area contributed by atoms with Gasteiger partial charge in [-0.3, -0.25) is 9.59 Å². The molecule has 0 N–H and O–H groups in total. The highest BCUT2D eigenvalue weighted by Crippen LogP contribution is 2.56. The lowest BCUT2D eigenvalue weighted by Crippen LogP contribution is -3.00. The molecule has 62 heavy (non-hydrogen) atoms. The van der Waals surface area contributed by atoms with Gasteiger partial charge in [0, 0.05) is 5.33 Å².